The third-order valence-corrected chi connectivity index (χ3v) is 2.70. The van der Waals surface area contributed by atoms with Crippen LogP contribution in [0, 0.1) is 0 Å². The van der Waals surface area contributed by atoms with Crippen LogP contribution in [0.3, 0.4) is 0 Å². The lowest BCUT2D eigenvalue weighted by atomic mass is 9.92. The van der Waals surface area contributed by atoms with Gasteiger partial charge in [-0.1, -0.05) is 24.3 Å². The summed E-state index contributed by atoms with van der Waals surface area (Å²) in [6, 6.07) is 7.94. The molecule has 0 radical (unpaired) electrons. The smallest absolute Gasteiger partial charge is 0.137 e. The highest BCUT2D eigenvalue weighted by molar-refractivity contribution is 5.87. The van der Waals surface area contributed by atoms with E-state index < -0.39 is 0 Å². The molecular weight excluding hydrogens is 188 g/mol. The molecule has 2 nitrogen and oxygen atoms in total. The summed E-state index contributed by atoms with van der Waals surface area (Å²) in [5, 5.41) is 0. The summed E-state index contributed by atoms with van der Waals surface area (Å²) in [4.78, 5) is 11.1. The molecule has 1 aliphatic rings. The average molecular weight is 202 g/mol. The average Bonchev–Trinajstić information content (AvgIpc) is 2.30. The van der Waals surface area contributed by atoms with E-state index in [-0.39, 0.29) is 0 Å². The van der Waals surface area contributed by atoms with Crippen LogP contribution in [0.5, 0.6) is 5.75 Å². The number of carbonyl (C=O) groups is 1. The van der Waals surface area contributed by atoms with Gasteiger partial charge in [-0.2, -0.15) is 0 Å². The highest BCUT2D eigenvalue weighted by Crippen LogP contribution is 2.31. The molecule has 1 aromatic carbocycles. The molecule has 0 fully saturated rings. The minimum absolute atomic E-state index is 0.327. The SMILES string of the molecule is COc1ccccc1C1=CCC(=O)CC1. The fraction of sp³-hybridized carbons (Fsp3) is 0.308. The Labute approximate surface area is 89.6 Å². The molecule has 0 atom stereocenters. The fourth-order valence-corrected chi connectivity index (χ4v) is 1.87. The Bertz CT molecular complexity index is 405. The zero-order valence-electron chi connectivity index (χ0n) is 8.82. The second-order valence-electron chi connectivity index (χ2n) is 3.67. The molecule has 0 heterocycles. The molecule has 0 spiro atoms. The Morgan fingerprint density at radius 1 is 1.20 bits per heavy atom. The van der Waals surface area contributed by atoms with Gasteiger partial charge in [0.1, 0.15) is 11.5 Å². The first kappa shape index (κ1) is 9.97. The Hall–Kier alpha value is -1.57. The van der Waals surface area contributed by atoms with Crippen molar-refractivity contribution in [1.29, 1.82) is 0 Å². The van der Waals surface area contributed by atoms with Crippen molar-refractivity contribution >= 4 is 11.4 Å². The number of allylic oxidation sites excluding steroid dienone is 2. The van der Waals surface area contributed by atoms with Gasteiger partial charge in [0.25, 0.3) is 0 Å². The Balaban J connectivity index is 2.33. The zero-order chi connectivity index (χ0) is 10.7. The van der Waals surface area contributed by atoms with Gasteiger partial charge in [0.05, 0.1) is 7.11 Å². The first-order chi connectivity index (χ1) is 7.31. The van der Waals surface area contributed by atoms with Crippen molar-refractivity contribution in [1.82, 2.24) is 0 Å². The van der Waals surface area contributed by atoms with Crippen molar-refractivity contribution in [2.75, 3.05) is 7.11 Å². The largest absolute Gasteiger partial charge is 0.496 e. The number of hydrogen-bond acceptors (Lipinski definition) is 2. The van der Waals surface area contributed by atoms with Gasteiger partial charge < -0.3 is 4.74 Å². The number of Topliss-reactive ketones (excluding diaryl/α,β-unsaturated/α-hetero) is 1. The summed E-state index contributed by atoms with van der Waals surface area (Å²) in [6.45, 7) is 0. The summed E-state index contributed by atoms with van der Waals surface area (Å²) in [5.74, 6) is 1.21. The topological polar surface area (TPSA) is 26.3 Å². The zero-order valence-corrected chi connectivity index (χ0v) is 8.82. The Kier molecular flexibility index (Phi) is 2.86. The van der Waals surface area contributed by atoms with Crippen molar-refractivity contribution in [3.05, 3.63) is 35.9 Å². The van der Waals surface area contributed by atoms with Crippen LogP contribution in [-0.2, 0) is 4.79 Å². The highest BCUT2D eigenvalue weighted by atomic mass is 16.5. The van der Waals surface area contributed by atoms with Gasteiger partial charge in [0.2, 0.25) is 0 Å². The van der Waals surface area contributed by atoms with E-state index in [4.69, 9.17) is 4.74 Å². The summed E-state index contributed by atoms with van der Waals surface area (Å²) >= 11 is 0. The highest BCUT2D eigenvalue weighted by Gasteiger charge is 2.14. The molecule has 15 heavy (non-hydrogen) atoms. The van der Waals surface area contributed by atoms with E-state index in [1.807, 2.05) is 30.3 Å². The van der Waals surface area contributed by atoms with E-state index in [9.17, 15) is 4.79 Å². The first-order valence-electron chi connectivity index (χ1n) is 5.15. The Morgan fingerprint density at radius 2 is 2.00 bits per heavy atom. The van der Waals surface area contributed by atoms with E-state index in [1.54, 1.807) is 7.11 Å². The number of carbonyl (C=O) groups excluding carboxylic acids is 1. The van der Waals surface area contributed by atoms with Crippen molar-refractivity contribution < 1.29 is 9.53 Å². The Morgan fingerprint density at radius 3 is 2.67 bits per heavy atom. The van der Waals surface area contributed by atoms with E-state index >= 15 is 0 Å². The van der Waals surface area contributed by atoms with Crippen molar-refractivity contribution in [2.45, 2.75) is 19.3 Å². The standard InChI is InChI=1S/C13H14O2/c1-15-13-5-3-2-4-12(13)10-6-8-11(14)9-7-10/h2-6H,7-9H2,1H3. The molecule has 0 N–H and O–H groups in total. The maximum absolute atomic E-state index is 11.1. The lowest BCUT2D eigenvalue weighted by Crippen LogP contribution is -2.03. The number of hydrogen-bond donors (Lipinski definition) is 0. The molecule has 0 saturated carbocycles. The number of ketones is 1. The molecule has 0 aliphatic heterocycles. The predicted octanol–water partition coefficient (Wildman–Crippen LogP) is 2.83. The van der Waals surface area contributed by atoms with Gasteiger partial charge in [-0.3, -0.25) is 4.79 Å². The maximum atomic E-state index is 11.1. The van der Waals surface area contributed by atoms with Gasteiger partial charge in [-0.15, -0.1) is 0 Å². The minimum Gasteiger partial charge on any atom is -0.496 e. The van der Waals surface area contributed by atoms with E-state index in [2.05, 4.69) is 0 Å². The van der Waals surface area contributed by atoms with Crippen LogP contribution < -0.4 is 4.74 Å². The van der Waals surface area contributed by atoms with Crippen LogP contribution in [0.15, 0.2) is 30.3 Å². The van der Waals surface area contributed by atoms with Gasteiger partial charge in [0, 0.05) is 18.4 Å². The normalized spacial score (nSPS) is 16.1. The molecule has 0 saturated heterocycles. The predicted molar refractivity (Wildman–Crippen MR) is 59.8 cm³/mol. The molecule has 0 aromatic heterocycles. The quantitative estimate of drug-likeness (QED) is 0.737. The lowest BCUT2D eigenvalue weighted by molar-refractivity contribution is -0.118. The van der Waals surface area contributed by atoms with Crippen LogP contribution in [-0.4, -0.2) is 12.9 Å². The monoisotopic (exact) mass is 202 g/mol. The summed E-state index contributed by atoms with van der Waals surface area (Å²) in [5.41, 5.74) is 2.35. The number of benzene rings is 1. The lowest BCUT2D eigenvalue weighted by Gasteiger charge is -2.15. The third-order valence-electron chi connectivity index (χ3n) is 2.70. The second-order valence-corrected chi connectivity index (χ2v) is 3.67. The summed E-state index contributed by atoms with van der Waals surface area (Å²) < 4.78 is 5.30. The van der Waals surface area contributed by atoms with Crippen LogP contribution >= 0.6 is 0 Å². The van der Waals surface area contributed by atoms with Crippen molar-refractivity contribution in [2.24, 2.45) is 0 Å². The van der Waals surface area contributed by atoms with E-state index in [0.29, 0.717) is 18.6 Å². The second kappa shape index (κ2) is 4.30. The van der Waals surface area contributed by atoms with Crippen LogP contribution in [0.4, 0.5) is 0 Å². The number of para-hydroxylation sites is 1. The molecule has 1 aromatic rings. The molecule has 0 bridgehead atoms. The molecule has 2 rings (SSSR count). The van der Waals surface area contributed by atoms with Gasteiger partial charge in [0.15, 0.2) is 0 Å². The molecule has 2 heteroatoms. The summed E-state index contributed by atoms with van der Waals surface area (Å²) in [7, 11) is 1.67. The molecule has 0 amide bonds. The van der Waals surface area contributed by atoms with E-state index in [1.165, 1.54) is 5.57 Å². The molecule has 1 aliphatic carbocycles. The number of ether oxygens (including phenoxy) is 1. The van der Waals surface area contributed by atoms with Gasteiger partial charge in [-0.05, 0) is 18.1 Å². The first-order valence-corrected chi connectivity index (χ1v) is 5.15. The van der Waals surface area contributed by atoms with Gasteiger partial charge in [-0.25, -0.2) is 0 Å². The van der Waals surface area contributed by atoms with Crippen LogP contribution in [0.2, 0.25) is 0 Å². The number of methoxy groups -OCH3 is 1. The van der Waals surface area contributed by atoms with Gasteiger partial charge >= 0.3 is 0 Å². The van der Waals surface area contributed by atoms with Crippen molar-refractivity contribution in [3.8, 4) is 5.75 Å². The maximum Gasteiger partial charge on any atom is 0.137 e. The minimum atomic E-state index is 0.327. The fourth-order valence-electron chi connectivity index (χ4n) is 1.87. The van der Waals surface area contributed by atoms with Crippen molar-refractivity contribution in [3.63, 3.8) is 0 Å². The third kappa shape index (κ3) is 2.09. The molecule has 0 unspecified atom stereocenters. The molecular formula is C13H14O2. The summed E-state index contributed by atoms with van der Waals surface area (Å²) in [6.07, 6.45) is 4.07. The van der Waals surface area contributed by atoms with E-state index in [0.717, 1.165) is 17.7 Å². The van der Waals surface area contributed by atoms with Crippen LogP contribution in [0.1, 0.15) is 24.8 Å². The molecule has 78 valence electrons. The van der Waals surface area contributed by atoms with Crippen LogP contribution in [0.25, 0.3) is 5.57 Å². The number of rotatable bonds is 2.